The van der Waals surface area contributed by atoms with Crippen LogP contribution in [0, 0.1) is 12.3 Å². The number of piperidine rings is 1. The van der Waals surface area contributed by atoms with Gasteiger partial charge >= 0.3 is 12.1 Å². The first-order valence-electron chi connectivity index (χ1n) is 10.7. The monoisotopic (exact) mass is 462 g/mol. The number of alkyl halides is 3. The summed E-state index contributed by atoms with van der Waals surface area (Å²) in [4.78, 5) is 18.6. The van der Waals surface area contributed by atoms with Crippen LogP contribution in [0.5, 0.6) is 5.75 Å². The third kappa shape index (κ3) is 3.98. The number of anilines is 1. The molecule has 1 saturated heterocycles. The van der Waals surface area contributed by atoms with Crippen molar-refractivity contribution in [3.05, 3.63) is 41.6 Å². The first-order valence-corrected chi connectivity index (χ1v) is 10.7. The maximum absolute atomic E-state index is 12.9. The molecule has 33 heavy (non-hydrogen) atoms. The Morgan fingerprint density at radius 1 is 1.27 bits per heavy atom. The predicted octanol–water partition coefficient (Wildman–Crippen LogP) is 4.81. The third-order valence-electron chi connectivity index (χ3n) is 6.42. The van der Waals surface area contributed by atoms with Gasteiger partial charge in [0.05, 0.1) is 29.5 Å². The second-order valence-corrected chi connectivity index (χ2v) is 8.39. The van der Waals surface area contributed by atoms with Crippen LogP contribution in [0.1, 0.15) is 37.4 Å². The number of carboxylic acids is 1. The normalized spacial score (nSPS) is 19.2. The fraction of sp³-hybridized carbons (Fsp3) is 0.435. The predicted molar refractivity (Wildman–Crippen MR) is 117 cm³/mol. The van der Waals surface area contributed by atoms with Crippen molar-refractivity contribution in [2.45, 2.75) is 39.3 Å². The molecule has 0 amide bonds. The number of methoxy groups -OCH3 is 1. The fourth-order valence-electron chi connectivity index (χ4n) is 4.50. The highest BCUT2D eigenvalue weighted by Crippen LogP contribution is 2.40. The summed E-state index contributed by atoms with van der Waals surface area (Å²) in [5.41, 5.74) is 0.480. The molecule has 3 aromatic rings. The van der Waals surface area contributed by atoms with E-state index in [1.54, 1.807) is 17.5 Å². The van der Waals surface area contributed by atoms with Crippen LogP contribution in [0.25, 0.3) is 16.9 Å². The highest BCUT2D eigenvalue weighted by atomic mass is 19.4. The molecule has 0 saturated carbocycles. The Bertz CT molecular complexity index is 1190. The minimum atomic E-state index is -4.42. The number of rotatable bonds is 5. The number of benzene rings is 1. The zero-order valence-corrected chi connectivity index (χ0v) is 18.6. The third-order valence-corrected chi connectivity index (χ3v) is 6.42. The number of aryl methyl sites for hydroxylation is 1. The van der Waals surface area contributed by atoms with E-state index in [1.807, 2.05) is 11.8 Å². The topological polar surface area (TPSA) is 80.0 Å². The molecule has 1 N–H and O–H groups in total. The van der Waals surface area contributed by atoms with Crippen LogP contribution in [0.4, 0.5) is 19.0 Å². The molecule has 176 valence electrons. The molecule has 1 fully saturated rings. The second-order valence-electron chi connectivity index (χ2n) is 8.39. The highest BCUT2D eigenvalue weighted by Gasteiger charge is 2.42. The molecule has 4 rings (SSSR count). The average Bonchev–Trinajstić information content (AvgIpc) is 3.20. The molecule has 1 atom stereocenters. The molecule has 0 bridgehead atoms. The summed E-state index contributed by atoms with van der Waals surface area (Å²) >= 11 is 0. The van der Waals surface area contributed by atoms with E-state index >= 15 is 0 Å². The van der Waals surface area contributed by atoms with Crippen LogP contribution < -0.4 is 9.64 Å². The minimum absolute atomic E-state index is 0.295. The van der Waals surface area contributed by atoms with Gasteiger partial charge in [-0.15, -0.1) is 0 Å². The van der Waals surface area contributed by atoms with Crippen LogP contribution in [-0.2, 0) is 11.0 Å². The molecule has 1 aliphatic heterocycles. The van der Waals surface area contributed by atoms with Gasteiger partial charge in [0.15, 0.2) is 17.2 Å². The molecule has 1 aliphatic rings. The Morgan fingerprint density at radius 2 is 1.97 bits per heavy atom. The standard InChI is InChI=1S/C23H25F3N4O3/c1-4-22(21(31)32)10-5-11-29(13-22)20-19(33-3)14(2)27-18-12-17(28-30(18)20)15-6-8-16(9-7-15)23(24,25)26/h6-9,12H,4-5,10-11,13H2,1-3H3,(H,31,32). The maximum atomic E-state index is 12.9. The molecular formula is C23H25F3N4O3. The van der Waals surface area contributed by atoms with Crippen molar-refractivity contribution in [1.29, 1.82) is 0 Å². The lowest BCUT2D eigenvalue weighted by Gasteiger charge is -2.40. The zero-order chi connectivity index (χ0) is 24.0. The summed E-state index contributed by atoms with van der Waals surface area (Å²) in [6.45, 7) is 4.59. The summed E-state index contributed by atoms with van der Waals surface area (Å²) in [5, 5.41) is 14.5. The quantitative estimate of drug-likeness (QED) is 0.586. The smallest absolute Gasteiger partial charge is 0.416 e. The van der Waals surface area contributed by atoms with Gasteiger partial charge in [0.1, 0.15) is 0 Å². The number of carboxylic acid groups (broad SMARTS) is 1. The maximum Gasteiger partial charge on any atom is 0.416 e. The van der Waals surface area contributed by atoms with Gasteiger partial charge in [0.25, 0.3) is 0 Å². The Morgan fingerprint density at radius 3 is 2.55 bits per heavy atom. The van der Waals surface area contributed by atoms with Crippen molar-refractivity contribution in [3.8, 4) is 17.0 Å². The van der Waals surface area contributed by atoms with Gasteiger partial charge in [-0.05, 0) is 38.3 Å². The van der Waals surface area contributed by atoms with Gasteiger partial charge in [-0.3, -0.25) is 4.79 Å². The largest absolute Gasteiger partial charge is 0.491 e. The SMILES string of the molecule is CCC1(C(=O)O)CCCN(c2c(OC)c(C)nc3cc(-c4ccc(C(F)(F)F)cc4)nn23)C1. The number of aromatic nitrogens is 3. The minimum Gasteiger partial charge on any atom is -0.491 e. The van der Waals surface area contributed by atoms with Crippen LogP contribution in [0.2, 0.25) is 0 Å². The van der Waals surface area contributed by atoms with E-state index in [0.29, 0.717) is 66.5 Å². The summed E-state index contributed by atoms with van der Waals surface area (Å²) in [5.74, 6) is 0.250. The molecule has 1 unspecified atom stereocenters. The van der Waals surface area contributed by atoms with Crippen molar-refractivity contribution in [3.63, 3.8) is 0 Å². The Hall–Kier alpha value is -3.30. The highest BCUT2D eigenvalue weighted by molar-refractivity contribution is 5.76. The Kier molecular flexibility index (Phi) is 5.71. The van der Waals surface area contributed by atoms with Crippen LogP contribution in [0.15, 0.2) is 30.3 Å². The fourth-order valence-corrected chi connectivity index (χ4v) is 4.50. The van der Waals surface area contributed by atoms with Crippen LogP contribution in [-0.4, -0.2) is 45.9 Å². The van der Waals surface area contributed by atoms with Crippen LogP contribution in [0.3, 0.4) is 0 Å². The number of halogens is 3. The number of carbonyl (C=O) groups is 1. The van der Waals surface area contributed by atoms with E-state index in [0.717, 1.165) is 12.1 Å². The summed E-state index contributed by atoms with van der Waals surface area (Å²) in [6.07, 6.45) is -2.65. The van der Waals surface area contributed by atoms with Gasteiger partial charge in [-0.2, -0.15) is 22.8 Å². The molecule has 10 heteroatoms. The van der Waals surface area contributed by atoms with Crippen molar-refractivity contribution in [1.82, 2.24) is 14.6 Å². The lowest BCUT2D eigenvalue weighted by atomic mass is 9.77. The molecular weight excluding hydrogens is 437 g/mol. The van der Waals surface area contributed by atoms with Gasteiger partial charge in [-0.1, -0.05) is 19.1 Å². The van der Waals surface area contributed by atoms with Crippen molar-refractivity contribution < 1.29 is 27.8 Å². The van der Waals surface area contributed by atoms with E-state index < -0.39 is 23.1 Å². The average molecular weight is 462 g/mol. The van der Waals surface area contributed by atoms with Crippen molar-refractivity contribution >= 4 is 17.4 Å². The van der Waals surface area contributed by atoms with E-state index in [4.69, 9.17) is 4.74 Å². The Balaban J connectivity index is 1.83. The molecule has 0 radical (unpaired) electrons. The number of hydrogen-bond acceptors (Lipinski definition) is 5. The lowest BCUT2D eigenvalue weighted by Crippen LogP contribution is -2.48. The van der Waals surface area contributed by atoms with E-state index in [-0.39, 0.29) is 0 Å². The number of aliphatic carboxylic acids is 1. The van der Waals surface area contributed by atoms with E-state index in [2.05, 4.69) is 10.1 Å². The molecule has 0 spiro atoms. The number of ether oxygens (including phenoxy) is 1. The van der Waals surface area contributed by atoms with Gasteiger partial charge in [-0.25, -0.2) is 4.98 Å². The van der Waals surface area contributed by atoms with E-state index in [1.165, 1.54) is 19.2 Å². The van der Waals surface area contributed by atoms with Crippen molar-refractivity contribution in [2.24, 2.45) is 5.41 Å². The molecule has 3 heterocycles. The van der Waals surface area contributed by atoms with Gasteiger partial charge in [0.2, 0.25) is 0 Å². The second kappa shape index (κ2) is 8.24. The number of nitrogens with zero attached hydrogens (tertiary/aromatic N) is 4. The number of fused-ring (bicyclic) bond motifs is 1. The summed E-state index contributed by atoms with van der Waals surface area (Å²) in [7, 11) is 1.52. The Labute approximate surface area is 188 Å². The summed E-state index contributed by atoms with van der Waals surface area (Å²) in [6, 6.07) is 6.50. The first kappa shape index (κ1) is 22.9. The number of hydrogen-bond donors (Lipinski definition) is 1. The van der Waals surface area contributed by atoms with Crippen molar-refractivity contribution in [2.75, 3.05) is 25.1 Å². The van der Waals surface area contributed by atoms with Gasteiger partial charge in [0, 0.05) is 24.7 Å². The molecule has 7 nitrogen and oxygen atoms in total. The molecule has 1 aromatic carbocycles. The first-order chi connectivity index (χ1) is 15.6. The molecule has 0 aliphatic carbocycles. The summed E-state index contributed by atoms with van der Waals surface area (Å²) < 4.78 is 46.0. The molecule has 2 aromatic heterocycles. The lowest BCUT2D eigenvalue weighted by molar-refractivity contribution is -0.149. The van der Waals surface area contributed by atoms with E-state index in [9.17, 15) is 23.1 Å². The van der Waals surface area contributed by atoms with Gasteiger partial charge < -0.3 is 14.7 Å². The van der Waals surface area contributed by atoms with Crippen LogP contribution >= 0.6 is 0 Å². The zero-order valence-electron chi connectivity index (χ0n) is 18.6.